The average Bonchev–Trinajstić information content (AvgIpc) is 2.49. The number of aryl methyl sites for hydroxylation is 1. The second kappa shape index (κ2) is 4.52. The number of nitrogens with zero attached hydrogens (tertiary/aromatic N) is 2. The van der Waals surface area contributed by atoms with Crippen LogP contribution in [0.1, 0.15) is 16.8 Å². The number of carbonyl (C=O) groups excluding carboxylic acids is 1. The Hall–Kier alpha value is -0.940. The van der Waals surface area contributed by atoms with Gasteiger partial charge in [-0.25, -0.2) is 4.98 Å². The lowest BCUT2D eigenvalue weighted by Crippen LogP contribution is -2.39. The van der Waals surface area contributed by atoms with Gasteiger partial charge in [0.25, 0.3) is 0 Å². The molecule has 0 fully saturated rings. The molecule has 0 spiro atoms. The van der Waals surface area contributed by atoms with Crippen LogP contribution in [0.5, 0.6) is 0 Å². The molecule has 0 aromatic carbocycles. The Morgan fingerprint density at radius 3 is 2.86 bits per heavy atom. The van der Waals surface area contributed by atoms with Gasteiger partial charge in [0.15, 0.2) is 0 Å². The summed E-state index contributed by atoms with van der Waals surface area (Å²) >= 11 is 1.60. The predicted octanol–water partition coefficient (Wildman–Crippen LogP) is 0.757. The van der Waals surface area contributed by atoms with Crippen LogP contribution in [0.25, 0.3) is 0 Å². The lowest BCUT2D eigenvalue weighted by atomic mass is 10.3. The van der Waals surface area contributed by atoms with Crippen molar-refractivity contribution in [2.45, 2.75) is 26.4 Å². The van der Waals surface area contributed by atoms with E-state index in [4.69, 9.17) is 5.73 Å². The van der Waals surface area contributed by atoms with Gasteiger partial charge in [-0.15, -0.1) is 11.3 Å². The summed E-state index contributed by atoms with van der Waals surface area (Å²) in [4.78, 5) is 18.3. The van der Waals surface area contributed by atoms with Gasteiger partial charge in [-0.2, -0.15) is 0 Å². The Morgan fingerprint density at radius 1 is 1.79 bits per heavy atom. The molecule has 0 saturated heterocycles. The standard InChI is InChI=1S/C9H15N3OS/c1-6(10)9(13)12(3)5-8-4-11-7(2)14-8/h4,6H,5,10H2,1-3H3. The zero-order valence-corrected chi connectivity index (χ0v) is 9.47. The first-order valence-corrected chi connectivity index (χ1v) is 5.24. The summed E-state index contributed by atoms with van der Waals surface area (Å²) in [6, 6.07) is -0.436. The van der Waals surface area contributed by atoms with Crippen LogP contribution in [-0.2, 0) is 11.3 Å². The van der Waals surface area contributed by atoms with Crippen LogP contribution >= 0.6 is 11.3 Å². The van der Waals surface area contributed by atoms with Crippen LogP contribution in [0.15, 0.2) is 6.20 Å². The molecule has 0 aliphatic heterocycles. The first-order chi connectivity index (χ1) is 6.50. The van der Waals surface area contributed by atoms with Crippen molar-refractivity contribution in [1.82, 2.24) is 9.88 Å². The van der Waals surface area contributed by atoms with Crippen molar-refractivity contribution in [3.63, 3.8) is 0 Å². The highest BCUT2D eigenvalue weighted by molar-refractivity contribution is 7.11. The third-order valence-electron chi connectivity index (χ3n) is 1.83. The molecule has 0 bridgehead atoms. The Labute approximate surface area is 87.7 Å². The van der Waals surface area contributed by atoms with E-state index in [1.165, 1.54) is 0 Å². The molecule has 1 heterocycles. The highest BCUT2D eigenvalue weighted by Crippen LogP contribution is 2.13. The van der Waals surface area contributed by atoms with E-state index >= 15 is 0 Å². The topological polar surface area (TPSA) is 59.2 Å². The summed E-state index contributed by atoms with van der Waals surface area (Å²) in [5.74, 6) is -0.0453. The van der Waals surface area contributed by atoms with Crippen LogP contribution in [0.3, 0.4) is 0 Å². The number of aromatic nitrogens is 1. The molecule has 0 aliphatic carbocycles. The number of amides is 1. The fraction of sp³-hybridized carbons (Fsp3) is 0.556. The van der Waals surface area contributed by atoms with Gasteiger partial charge in [0.1, 0.15) is 0 Å². The van der Waals surface area contributed by atoms with Gasteiger partial charge in [0, 0.05) is 18.1 Å². The fourth-order valence-electron chi connectivity index (χ4n) is 1.14. The van der Waals surface area contributed by atoms with E-state index in [-0.39, 0.29) is 5.91 Å². The molecule has 4 nitrogen and oxygen atoms in total. The van der Waals surface area contributed by atoms with E-state index < -0.39 is 6.04 Å². The first kappa shape index (κ1) is 11.1. The summed E-state index contributed by atoms with van der Waals surface area (Å²) in [5, 5.41) is 1.02. The van der Waals surface area contributed by atoms with Gasteiger partial charge in [-0.1, -0.05) is 0 Å². The van der Waals surface area contributed by atoms with Crippen LogP contribution in [0.2, 0.25) is 0 Å². The van der Waals surface area contributed by atoms with Gasteiger partial charge >= 0.3 is 0 Å². The summed E-state index contributed by atoms with van der Waals surface area (Å²) in [6.07, 6.45) is 1.80. The molecular formula is C9H15N3OS. The molecule has 0 radical (unpaired) electrons. The summed E-state index contributed by atoms with van der Waals surface area (Å²) in [5.41, 5.74) is 5.49. The number of hydrogen-bond acceptors (Lipinski definition) is 4. The number of likely N-dealkylation sites (N-methyl/N-ethyl adjacent to an activating group) is 1. The number of rotatable bonds is 3. The lowest BCUT2D eigenvalue weighted by molar-refractivity contribution is -0.131. The summed E-state index contributed by atoms with van der Waals surface area (Å²) < 4.78 is 0. The highest BCUT2D eigenvalue weighted by atomic mass is 32.1. The quantitative estimate of drug-likeness (QED) is 0.806. The Morgan fingerprint density at radius 2 is 2.43 bits per heavy atom. The average molecular weight is 213 g/mol. The Bertz CT molecular complexity index is 322. The van der Waals surface area contributed by atoms with E-state index in [1.54, 1.807) is 36.4 Å². The van der Waals surface area contributed by atoms with Gasteiger partial charge in [-0.05, 0) is 13.8 Å². The minimum absolute atomic E-state index is 0.0453. The third kappa shape index (κ3) is 2.78. The van der Waals surface area contributed by atoms with Crippen molar-refractivity contribution in [3.8, 4) is 0 Å². The first-order valence-electron chi connectivity index (χ1n) is 4.42. The molecule has 1 aromatic rings. The van der Waals surface area contributed by atoms with E-state index in [0.717, 1.165) is 9.88 Å². The molecule has 5 heteroatoms. The molecule has 1 unspecified atom stereocenters. The Balaban J connectivity index is 2.57. The van der Waals surface area contributed by atoms with Crippen LogP contribution < -0.4 is 5.73 Å². The maximum atomic E-state index is 11.4. The molecule has 78 valence electrons. The molecule has 2 N–H and O–H groups in total. The monoisotopic (exact) mass is 213 g/mol. The largest absolute Gasteiger partial charge is 0.339 e. The van der Waals surface area contributed by atoms with Crippen LogP contribution in [-0.4, -0.2) is 28.9 Å². The molecule has 1 aromatic heterocycles. The highest BCUT2D eigenvalue weighted by Gasteiger charge is 2.14. The van der Waals surface area contributed by atoms with Crippen LogP contribution in [0, 0.1) is 6.92 Å². The van der Waals surface area contributed by atoms with E-state index in [2.05, 4.69) is 4.98 Å². The molecular weight excluding hydrogens is 198 g/mol. The molecule has 1 amide bonds. The molecule has 0 saturated carbocycles. The normalized spacial score (nSPS) is 12.6. The van der Waals surface area contributed by atoms with Crippen molar-refractivity contribution >= 4 is 17.2 Å². The molecule has 14 heavy (non-hydrogen) atoms. The second-order valence-electron chi connectivity index (χ2n) is 3.33. The Kier molecular flexibility index (Phi) is 3.60. The smallest absolute Gasteiger partial charge is 0.239 e. The van der Waals surface area contributed by atoms with Crippen molar-refractivity contribution < 1.29 is 4.79 Å². The summed E-state index contributed by atoms with van der Waals surface area (Å²) in [6.45, 7) is 4.23. The van der Waals surface area contributed by atoms with Crippen molar-refractivity contribution in [2.75, 3.05) is 7.05 Å². The molecule has 1 rings (SSSR count). The number of nitrogens with two attached hydrogens (primary N) is 1. The maximum Gasteiger partial charge on any atom is 0.239 e. The maximum absolute atomic E-state index is 11.4. The van der Waals surface area contributed by atoms with Gasteiger partial charge in [-0.3, -0.25) is 4.79 Å². The number of hydrogen-bond donors (Lipinski definition) is 1. The molecule has 1 atom stereocenters. The number of thiazole rings is 1. The SMILES string of the molecule is Cc1ncc(CN(C)C(=O)C(C)N)s1. The third-order valence-corrected chi connectivity index (χ3v) is 2.73. The van der Waals surface area contributed by atoms with Crippen molar-refractivity contribution in [1.29, 1.82) is 0 Å². The zero-order chi connectivity index (χ0) is 10.7. The van der Waals surface area contributed by atoms with Crippen molar-refractivity contribution in [3.05, 3.63) is 16.1 Å². The van der Waals surface area contributed by atoms with E-state index in [9.17, 15) is 4.79 Å². The second-order valence-corrected chi connectivity index (χ2v) is 4.65. The number of carbonyl (C=O) groups is 1. The summed E-state index contributed by atoms with van der Waals surface area (Å²) in [7, 11) is 1.75. The van der Waals surface area contributed by atoms with E-state index in [1.807, 2.05) is 6.92 Å². The van der Waals surface area contributed by atoms with Crippen molar-refractivity contribution in [2.24, 2.45) is 5.73 Å². The molecule has 0 aliphatic rings. The minimum Gasteiger partial charge on any atom is -0.339 e. The van der Waals surface area contributed by atoms with E-state index in [0.29, 0.717) is 6.54 Å². The predicted molar refractivity (Wildman–Crippen MR) is 57.0 cm³/mol. The lowest BCUT2D eigenvalue weighted by Gasteiger charge is -2.17. The van der Waals surface area contributed by atoms with Crippen LogP contribution in [0.4, 0.5) is 0 Å². The minimum atomic E-state index is -0.436. The van der Waals surface area contributed by atoms with Gasteiger partial charge in [0.05, 0.1) is 17.6 Å². The van der Waals surface area contributed by atoms with Gasteiger partial charge < -0.3 is 10.6 Å². The van der Waals surface area contributed by atoms with Gasteiger partial charge in [0.2, 0.25) is 5.91 Å². The fourth-order valence-corrected chi connectivity index (χ4v) is 1.99. The zero-order valence-electron chi connectivity index (χ0n) is 8.65.